The molecule has 2 aromatic carbocycles. The van der Waals surface area contributed by atoms with Gasteiger partial charge in [0, 0.05) is 48.8 Å². The molecule has 204 valence electrons. The number of halogens is 4. The molecule has 5 nitrogen and oxygen atoms in total. The molecular weight excluding hydrogens is 515 g/mol. The van der Waals surface area contributed by atoms with Crippen molar-refractivity contribution < 1.29 is 22.8 Å². The largest absolute Gasteiger partial charge is 0.416 e. The van der Waals surface area contributed by atoms with E-state index in [-0.39, 0.29) is 23.7 Å². The minimum Gasteiger partial charge on any atom is -0.344 e. The van der Waals surface area contributed by atoms with Gasteiger partial charge in [-0.3, -0.25) is 9.59 Å². The normalized spacial score (nSPS) is 20.6. The molecule has 2 aliphatic rings. The lowest BCUT2D eigenvalue weighted by Gasteiger charge is -2.41. The Morgan fingerprint density at radius 2 is 1.87 bits per heavy atom. The van der Waals surface area contributed by atoms with Crippen LogP contribution in [0.1, 0.15) is 47.4 Å². The number of hydrogen-bond acceptors (Lipinski definition) is 4. The summed E-state index contributed by atoms with van der Waals surface area (Å²) in [6.07, 6.45) is -0.610. The van der Waals surface area contributed by atoms with Gasteiger partial charge in [-0.05, 0) is 67.9 Å². The van der Waals surface area contributed by atoms with Gasteiger partial charge in [0.05, 0.1) is 5.56 Å². The number of hydrogen-bond donors (Lipinski definition) is 2. The van der Waals surface area contributed by atoms with E-state index in [1.165, 1.54) is 30.4 Å². The molecule has 1 aliphatic heterocycles. The second-order valence-electron chi connectivity index (χ2n) is 10.1. The smallest absolute Gasteiger partial charge is 0.344 e. The Labute approximate surface area is 226 Å². The number of allylic oxidation sites excluding steroid dienone is 1. The molecule has 2 N–H and O–H groups in total. The molecule has 0 radical (unpaired) electrons. The van der Waals surface area contributed by atoms with Gasteiger partial charge in [-0.15, -0.1) is 0 Å². The third-order valence-corrected chi connectivity index (χ3v) is 8.27. The third kappa shape index (κ3) is 5.53. The molecule has 1 heterocycles. The highest BCUT2D eigenvalue weighted by atomic mass is 35.5. The first kappa shape index (κ1) is 28.3. The highest BCUT2D eigenvalue weighted by molar-refractivity contribution is 6.31. The molecule has 0 bridgehead atoms. The molecule has 1 saturated heterocycles. The number of nitrogens with zero attached hydrogens (tertiary/aromatic N) is 1. The summed E-state index contributed by atoms with van der Waals surface area (Å²) < 4.78 is 40.7. The van der Waals surface area contributed by atoms with Crippen molar-refractivity contribution in [3.8, 4) is 0 Å². The molecule has 2 aromatic rings. The van der Waals surface area contributed by atoms with E-state index in [0.29, 0.717) is 44.0 Å². The van der Waals surface area contributed by atoms with E-state index in [0.717, 1.165) is 17.2 Å². The van der Waals surface area contributed by atoms with Gasteiger partial charge in [0.25, 0.3) is 0 Å². The lowest BCUT2D eigenvalue weighted by atomic mass is 9.65. The fraction of sp³-hybridized carbons (Fsp3) is 0.448. The highest BCUT2D eigenvalue weighted by Crippen LogP contribution is 2.58. The fourth-order valence-electron chi connectivity index (χ4n) is 6.15. The predicted molar refractivity (Wildman–Crippen MR) is 143 cm³/mol. The van der Waals surface area contributed by atoms with Crippen molar-refractivity contribution >= 4 is 29.4 Å². The zero-order valence-electron chi connectivity index (χ0n) is 21.6. The maximum Gasteiger partial charge on any atom is 0.416 e. The van der Waals surface area contributed by atoms with Gasteiger partial charge in [0.1, 0.15) is 0 Å². The van der Waals surface area contributed by atoms with E-state index >= 15 is 0 Å². The van der Waals surface area contributed by atoms with Crippen LogP contribution in [0.25, 0.3) is 6.08 Å². The van der Waals surface area contributed by atoms with Crippen LogP contribution in [0.15, 0.2) is 48.5 Å². The minimum atomic E-state index is -4.54. The van der Waals surface area contributed by atoms with Crippen molar-refractivity contribution in [2.24, 2.45) is 5.92 Å². The quantitative estimate of drug-likeness (QED) is 0.454. The average molecular weight is 548 g/mol. The van der Waals surface area contributed by atoms with Crippen LogP contribution in [-0.2, 0) is 21.2 Å². The molecule has 2 atom stereocenters. The van der Waals surface area contributed by atoms with E-state index in [9.17, 15) is 22.8 Å². The average Bonchev–Trinajstić information content (AvgIpc) is 3.15. The van der Waals surface area contributed by atoms with Crippen LogP contribution in [0, 0.1) is 5.92 Å². The molecule has 2 unspecified atom stereocenters. The number of amides is 1. The van der Waals surface area contributed by atoms with Crippen LogP contribution >= 0.6 is 11.6 Å². The SMILES string of the molecule is CNCCN(C)C(=O)CC1c2cccc(Cl)c2C2(CCNCC2)C1C(=O)C=Cc1ccccc1C(F)(F)F. The number of ketones is 1. The Kier molecular flexibility index (Phi) is 8.65. The lowest BCUT2D eigenvalue weighted by Crippen LogP contribution is -2.46. The number of benzene rings is 2. The molecular formula is C29H33ClF3N3O2. The fourth-order valence-corrected chi connectivity index (χ4v) is 6.52. The zero-order valence-corrected chi connectivity index (χ0v) is 22.3. The highest BCUT2D eigenvalue weighted by Gasteiger charge is 2.56. The first-order valence-corrected chi connectivity index (χ1v) is 13.2. The summed E-state index contributed by atoms with van der Waals surface area (Å²) in [5.74, 6) is -1.42. The van der Waals surface area contributed by atoms with Crippen LogP contribution in [0.3, 0.4) is 0 Å². The first-order chi connectivity index (χ1) is 18.1. The molecule has 9 heteroatoms. The van der Waals surface area contributed by atoms with Crippen LogP contribution < -0.4 is 10.6 Å². The maximum absolute atomic E-state index is 14.0. The van der Waals surface area contributed by atoms with Crippen LogP contribution in [0.5, 0.6) is 0 Å². The van der Waals surface area contributed by atoms with Crippen molar-refractivity contribution in [1.82, 2.24) is 15.5 Å². The topological polar surface area (TPSA) is 61.4 Å². The number of rotatable bonds is 8. The number of nitrogens with one attached hydrogen (secondary N) is 2. The summed E-state index contributed by atoms with van der Waals surface area (Å²) in [5, 5.41) is 6.94. The Bertz CT molecular complexity index is 1210. The lowest BCUT2D eigenvalue weighted by molar-refractivity contribution is -0.137. The van der Waals surface area contributed by atoms with Gasteiger partial charge in [-0.25, -0.2) is 0 Å². The molecule has 1 fully saturated rings. The second-order valence-corrected chi connectivity index (χ2v) is 10.5. The molecule has 4 rings (SSSR count). The summed E-state index contributed by atoms with van der Waals surface area (Å²) in [5.41, 5.74) is 0.328. The van der Waals surface area contributed by atoms with E-state index in [1.54, 1.807) is 11.9 Å². The van der Waals surface area contributed by atoms with Crippen LogP contribution in [0.4, 0.5) is 13.2 Å². The maximum atomic E-state index is 14.0. The van der Waals surface area contributed by atoms with E-state index in [1.807, 2.05) is 25.2 Å². The Hall–Kier alpha value is -2.68. The summed E-state index contributed by atoms with van der Waals surface area (Å²) in [6, 6.07) is 10.8. The Morgan fingerprint density at radius 1 is 1.16 bits per heavy atom. The summed E-state index contributed by atoms with van der Waals surface area (Å²) in [7, 11) is 3.55. The van der Waals surface area contributed by atoms with Gasteiger partial charge in [-0.1, -0.05) is 48.0 Å². The van der Waals surface area contributed by atoms with E-state index in [4.69, 9.17) is 11.6 Å². The number of fused-ring (bicyclic) bond motifs is 2. The third-order valence-electron chi connectivity index (χ3n) is 7.95. The standard InChI is InChI=1S/C29H33ClF3N3O2/c1-34-16-17-36(2)25(38)18-21-20-7-5-9-23(30)26(20)28(12-14-35-15-13-28)27(21)24(37)11-10-19-6-3-4-8-22(19)29(31,32)33/h3-11,21,27,34-35H,12-18H2,1-2H3. The summed E-state index contributed by atoms with van der Waals surface area (Å²) in [6.45, 7) is 2.51. The number of likely N-dealkylation sites (N-methyl/N-ethyl adjacent to an activating group) is 2. The zero-order chi connectivity index (χ0) is 27.5. The van der Waals surface area contributed by atoms with Gasteiger partial charge < -0.3 is 15.5 Å². The number of carbonyl (C=O) groups is 2. The van der Waals surface area contributed by atoms with Gasteiger partial charge in [0.2, 0.25) is 5.91 Å². The molecule has 1 spiro atoms. The molecule has 38 heavy (non-hydrogen) atoms. The van der Waals surface area contributed by atoms with Crippen LogP contribution in [-0.4, -0.2) is 56.9 Å². The molecule has 1 amide bonds. The van der Waals surface area contributed by atoms with Gasteiger partial charge in [0.15, 0.2) is 5.78 Å². The summed E-state index contributed by atoms with van der Waals surface area (Å²) in [4.78, 5) is 28.9. The number of piperidine rings is 1. The van der Waals surface area contributed by atoms with Gasteiger partial charge >= 0.3 is 6.18 Å². The molecule has 0 saturated carbocycles. The molecule has 1 aliphatic carbocycles. The molecule has 0 aromatic heterocycles. The Morgan fingerprint density at radius 3 is 2.55 bits per heavy atom. The minimum absolute atomic E-state index is 0.0688. The Balaban J connectivity index is 1.76. The number of alkyl halides is 3. The second kappa shape index (κ2) is 11.6. The predicted octanol–water partition coefficient (Wildman–Crippen LogP) is 5.04. The van der Waals surface area contributed by atoms with E-state index in [2.05, 4.69) is 10.6 Å². The van der Waals surface area contributed by atoms with E-state index < -0.39 is 29.0 Å². The first-order valence-electron chi connectivity index (χ1n) is 12.9. The van der Waals surface area contributed by atoms with Crippen molar-refractivity contribution in [2.45, 2.75) is 36.8 Å². The summed E-state index contributed by atoms with van der Waals surface area (Å²) >= 11 is 6.76. The van der Waals surface area contributed by atoms with Crippen molar-refractivity contribution in [2.75, 3.05) is 40.3 Å². The van der Waals surface area contributed by atoms with Gasteiger partial charge in [-0.2, -0.15) is 13.2 Å². The van der Waals surface area contributed by atoms with Crippen molar-refractivity contribution in [3.63, 3.8) is 0 Å². The number of carbonyl (C=O) groups excluding carboxylic acids is 2. The van der Waals surface area contributed by atoms with Crippen molar-refractivity contribution in [1.29, 1.82) is 0 Å². The van der Waals surface area contributed by atoms with Crippen LogP contribution in [0.2, 0.25) is 5.02 Å². The van der Waals surface area contributed by atoms with Crippen molar-refractivity contribution in [3.05, 3.63) is 75.8 Å². The monoisotopic (exact) mass is 547 g/mol.